The quantitative estimate of drug-likeness (QED) is 0.380. The number of pyridine rings is 1. The van der Waals surface area contributed by atoms with Crippen molar-refractivity contribution in [1.82, 2.24) is 14.9 Å². The molecule has 0 aliphatic heterocycles. The van der Waals surface area contributed by atoms with Crippen LogP contribution in [-0.4, -0.2) is 34.3 Å². The average Bonchev–Trinajstić information content (AvgIpc) is 3.06. The summed E-state index contributed by atoms with van der Waals surface area (Å²) in [6.07, 6.45) is 1.47. The lowest BCUT2D eigenvalue weighted by atomic mass is 10.1. The monoisotopic (exact) mass is 544 g/mol. The number of aromatic nitrogens is 2. The fourth-order valence-electron chi connectivity index (χ4n) is 3.95. The van der Waals surface area contributed by atoms with Crippen molar-refractivity contribution in [2.75, 3.05) is 12.4 Å². The maximum Gasteiger partial charge on any atom is 0.413 e. The Morgan fingerprint density at radius 1 is 1.14 bits per heavy atom. The lowest BCUT2D eigenvalue weighted by Crippen LogP contribution is -2.28. The van der Waals surface area contributed by atoms with Gasteiger partial charge in [-0.1, -0.05) is 15.9 Å². The molecular weight excluding hydrogens is 512 g/mol. The van der Waals surface area contributed by atoms with E-state index in [1.54, 1.807) is 26.8 Å². The summed E-state index contributed by atoms with van der Waals surface area (Å²) in [7, 11) is 1.50. The number of nitrogens with zero attached hydrogens (tertiary/aromatic N) is 2. The van der Waals surface area contributed by atoms with Crippen molar-refractivity contribution in [2.24, 2.45) is 0 Å². The first-order valence-electron chi connectivity index (χ1n) is 11.4. The summed E-state index contributed by atoms with van der Waals surface area (Å²) in [6.45, 7) is 13.7. The number of hydrogen-bond acceptors (Lipinski definition) is 5. The van der Waals surface area contributed by atoms with Crippen LogP contribution in [0.3, 0.4) is 0 Å². The maximum absolute atomic E-state index is 13.3. The number of nitrogens with one attached hydrogen (secondary N) is 2. The number of fused-ring (bicyclic) bond motifs is 1. The van der Waals surface area contributed by atoms with E-state index in [0.717, 1.165) is 32.1 Å². The molecule has 0 bridgehead atoms. The lowest BCUT2D eigenvalue weighted by molar-refractivity contribution is 0.0635. The van der Waals surface area contributed by atoms with Crippen LogP contribution in [0.4, 0.5) is 10.6 Å². The first kappa shape index (κ1) is 26.5. The van der Waals surface area contributed by atoms with E-state index in [2.05, 4.69) is 56.2 Å². The highest BCUT2D eigenvalue weighted by Gasteiger charge is 2.20. The van der Waals surface area contributed by atoms with Gasteiger partial charge in [0, 0.05) is 34.2 Å². The number of rotatable bonds is 6. The molecule has 188 valence electrons. The molecule has 0 saturated carbocycles. The molecule has 0 unspecified atom stereocenters. The number of hydrogen-bond donors (Lipinski definition) is 2. The van der Waals surface area contributed by atoms with Crippen LogP contribution < -0.4 is 15.4 Å². The molecule has 0 aliphatic rings. The van der Waals surface area contributed by atoms with Crippen molar-refractivity contribution in [3.05, 3.63) is 51.1 Å². The van der Waals surface area contributed by atoms with Crippen LogP contribution in [-0.2, 0) is 11.3 Å². The molecule has 2 aromatic heterocycles. The largest absolute Gasteiger partial charge is 0.481 e. The van der Waals surface area contributed by atoms with Crippen LogP contribution in [0.25, 0.3) is 10.9 Å². The summed E-state index contributed by atoms with van der Waals surface area (Å²) < 4.78 is 13.8. The summed E-state index contributed by atoms with van der Waals surface area (Å²) in [5, 5.41) is 6.56. The summed E-state index contributed by atoms with van der Waals surface area (Å²) in [4.78, 5) is 29.8. The highest BCUT2D eigenvalue weighted by atomic mass is 79.9. The topological polar surface area (TPSA) is 94.5 Å². The third-order valence-corrected chi connectivity index (χ3v) is 5.90. The van der Waals surface area contributed by atoms with Crippen molar-refractivity contribution >= 4 is 44.7 Å². The molecule has 3 aromatic rings. The minimum absolute atomic E-state index is 0.196. The highest BCUT2D eigenvalue weighted by molar-refractivity contribution is 9.10. The Morgan fingerprint density at radius 2 is 1.83 bits per heavy atom. The number of carbonyl (C=O) groups is 2. The second-order valence-electron chi connectivity index (χ2n) is 9.78. The molecule has 0 atom stereocenters. The molecule has 2 N–H and O–H groups in total. The van der Waals surface area contributed by atoms with Crippen molar-refractivity contribution in [2.45, 2.75) is 66.7 Å². The fraction of sp³-hybridized carbons (Fsp3) is 0.423. The number of carbonyl (C=O) groups excluding carboxylic acids is 2. The molecule has 0 fully saturated rings. The van der Waals surface area contributed by atoms with E-state index in [9.17, 15) is 9.59 Å². The zero-order valence-electron chi connectivity index (χ0n) is 21.5. The Kier molecular flexibility index (Phi) is 7.79. The number of ether oxygens (including phenoxy) is 2. The van der Waals surface area contributed by atoms with Gasteiger partial charge in [0.2, 0.25) is 5.88 Å². The first-order chi connectivity index (χ1) is 16.3. The summed E-state index contributed by atoms with van der Waals surface area (Å²) >= 11 is 3.55. The molecule has 8 nitrogen and oxygen atoms in total. The fourth-order valence-corrected chi connectivity index (χ4v) is 4.40. The maximum atomic E-state index is 13.3. The van der Waals surface area contributed by atoms with E-state index in [1.165, 1.54) is 7.11 Å². The minimum Gasteiger partial charge on any atom is -0.481 e. The molecule has 2 amide bonds. The van der Waals surface area contributed by atoms with Crippen LogP contribution in [0, 0.1) is 13.8 Å². The number of halogens is 1. The van der Waals surface area contributed by atoms with Gasteiger partial charge in [-0.05, 0) is 77.8 Å². The zero-order valence-corrected chi connectivity index (χ0v) is 23.1. The Labute approximate surface area is 214 Å². The average molecular weight is 545 g/mol. The van der Waals surface area contributed by atoms with Gasteiger partial charge in [-0.25, -0.2) is 4.79 Å². The molecular formula is C26H33BrN4O4. The molecule has 9 heteroatoms. The molecule has 0 spiro atoms. The van der Waals surface area contributed by atoms with Gasteiger partial charge in [0.05, 0.1) is 18.2 Å². The van der Waals surface area contributed by atoms with Crippen LogP contribution in [0.2, 0.25) is 0 Å². The summed E-state index contributed by atoms with van der Waals surface area (Å²) in [6, 6.07) is 5.86. The standard InChI is InChI=1S/C26H33BrN4O4/c1-14(2)31-13-16(4)22-18(10-17(27)11-20(22)31)23(32)28-12-19-15(3)9-21(29-24(19)34-8)30-25(33)35-26(5,6)7/h9-11,13-14H,12H2,1-8H3,(H,28,32)(H,29,30,33). The normalized spacial score (nSPS) is 11.6. The van der Waals surface area contributed by atoms with E-state index in [4.69, 9.17) is 9.47 Å². The molecule has 0 saturated heterocycles. The Hall–Kier alpha value is -3.07. The summed E-state index contributed by atoms with van der Waals surface area (Å²) in [5.74, 6) is 0.430. The molecule has 0 radical (unpaired) electrons. The summed E-state index contributed by atoms with van der Waals surface area (Å²) in [5.41, 5.74) is 3.55. The van der Waals surface area contributed by atoms with Crippen LogP contribution >= 0.6 is 15.9 Å². The second-order valence-corrected chi connectivity index (χ2v) is 10.7. The van der Waals surface area contributed by atoms with Crippen molar-refractivity contribution in [3.63, 3.8) is 0 Å². The van der Waals surface area contributed by atoms with Gasteiger partial charge >= 0.3 is 6.09 Å². The lowest BCUT2D eigenvalue weighted by Gasteiger charge is -2.20. The van der Waals surface area contributed by atoms with Crippen molar-refractivity contribution in [3.8, 4) is 5.88 Å². The molecule has 3 rings (SSSR count). The molecule has 0 aliphatic carbocycles. The van der Waals surface area contributed by atoms with Gasteiger partial charge < -0.3 is 19.4 Å². The van der Waals surface area contributed by atoms with Crippen molar-refractivity contribution in [1.29, 1.82) is 0 Å². The number of benzene rings is 1. The number of methoxy groups -OCH3 is 1. The van der Waals surface area contributed by atoms with Crippen LogP contribution in [0.15, 0.2) is 28.9 Å². The number of amides is 2. The van der Waals surface area contributed by atoms with Crippen LogP contribution in [0.5, 0.6) is 5.88 Å². The Bertz CT molecular complexity index is 1270. The SMILES string of the molecule is COc1nc(NC(=O)OC(C)(C)C)cc(C)c1CNC(=O)c1cc(Br)cc2c1c(C)cn2C(C)C. The van der Waals surface area contributed by atoms with Gasteiger partial charge in [-0.2, -0.15) is 4.98 Å². The molecule has 1 aromatic carbocycles. The molecule has 35 heavy (non-hydrogen) atoms. The van der Waals surface area contributed by atoms with Gasteiger partial charge in [0.1, 0.15) is 11.4 Å². The minimum atomic E-state index is -0.625. The van der Waals surface area contributed by atoms with E-state index in [0.29, 0.717) is 17.3 Å². The van der Waals surface area contributed by atoms with E-state index in [-0.39, 0.29) is 18.5 Å². The predicted molar refractivity (Wildman–Crippen MR) is 141 cm³/mol. The van der Waals surface area contributed by atoms with Crippen molar-refractivity contribution < 1.29 is 19.1 Å². The Morgan fingerprint density at radius 3 is 2.43 bits per heavy atom. The smallest absolute Gasteiger partial charge is 0.413 e. The number of anilines is 1. The first-order valence-corrected chi connectivity index (χ1v) is 12.2. The van der Waals surface area contributed by atoms with E-state index in [1.807, 2.05) is 26.0 Å². The third-order valence-electron chi connectivity index (χ3n) is 5.45. The van der Waals surface area contributed by atoms with E-state index >= 15 is 0 Å². The molecule has 2 heterocycles. The predicted octanol–water partition coefficient (Wildman–Crippen LogP) is 6.28. The van der Waals surface area contributed by atoms with Crippen LogP contribution in [0.1, 0.15) is 67.7 Å². The highest BCUT2D eigenvalue weighted by Crippen LogP contribution is 2.31. The third kappa shape index (κ3) is 6.14. The number of aryl methyl sites for hydroxylation is 2. The second kappa shape index (κ2) is 10.3. The van der Waals surface area contributed by atoms with Gasteiger partial charge in [0.25, 0.3) is 5.91 Å². The van der Waals surface area contributed by atoms with Gasteiger partial charge in [-0.15, -0.1) is 0 Å². The van der Waals surface area contributed by atoms with E-state index < -0.39 is 11.7 Å². The van der Waals surface area contributed by atoms with Gasteiger partial charge in [0.15, 0.2) is 0 Å². The Balaban J connectivity index is 1.85. The van der Waals surface area contributed by atoms with Gasteiger partial charge in [-0.3, -0.25) is 10.1 Å². The zero-order chi connectivity index (χ0) is 26.1.